The molecule has 3 aromatic carbocycles. The van der Waals surface area contributed by atoms with Gasteiger partial charge in [0, 0.05) is 16.1 Å². The highest BCUT2D eigenvalue weighted by Crippen LogP contribution is 2.37. The zero-order valence-electron chi connectivity index (χ0n) is 19.7. The largest absolute Gasteiger partial charge is 0.490 e. The minimum Gasteiger partial charge on any atom is -0.490 e. The summed E-state index contributed by atoms with van der Waals surface area (Å²) in [5, 5.41) is 14.5. The summed E-state index contributed by atoms with van der Waals surface area (Å²) in [6.07, 6.45) is 1.49. The fraction of sp³-hybridized carbons (Fsp3) is 0.111. The molecule has 2 N–H and O–H groups in total. The molecule has 186 valence electrons. The molecule has 1 aromatic heterocycles. The van der Waals surface area contributed by atoms with Gasteiger partial charge in [-0.05, 0) is 30.7 Å². The zero-order chi connectivity index (χ0) is 26.2. The lowest BCUT2D eigenvalue weighted by atomic mass is 10.1. The molecule has 0 aliphatic heterocycles. The monoisotopic (exact) mass is 533 g/mol. The summed E-state index contributed by atoms with van der Waals surface area (Å²) in [6.45, 7) is 2.47. The predicted molar refractivity (Wildman–Crippen MR) is 145 cm³/mol. The van der Waals surface area contributed by atoms with Crippen molar-refractivity contribution in [2.75, 3.05) is 12.0 Å². The molecule has 0 aliphatic carbocycles. The molecule has 8 nitrogen and oxygen atoms in total. The van der Waals surface area contributed by atoms with Crippen LogP contribution in [0.2, 0.25) is 10.0 Å². The molecule has 0 spiro atoms. The molecule has 0 radical (unpaired) electrons. The number of anilines is 1. The van der Waals surface area contributed by atoms with E-state index in [0.29, 0.717) is 39.3 Å². The SMILES string of the molecule is CCOc1cc(C=NNc2nc(-c3ccccc3)c(C#N)c(=O)[nH]2)cc(Cl)c1OCc1ccccc1Cl. The van der Waals surface area contributed by atoms with Crippen molar-refractivity contribution in [2.24, 2.45) is 5.10 Å². The van der Waals surface area contributed by atoms with Gasteiger partial charge in [-0.3, -0.25) is 9.78 Å². The van der Waals surface area contributed by atoms with Gasteiger partial charge < -0.3 is 9.47 Å². The smallest absolute Gasteiger partial charge is 0.270 e. The Morgan fingerprint density at radius 1 is 1.08 bits per heavy atom. The van der Waals surface area contributed by atoms with Crippen LogP contribution in [0.3, 0.4) is 0 Å². The zero-order valence-corrected chi connectivity index (χ0v) is 21.2. The molecule has 1 heterocycles. The van der Waals surface area contributed by atoms with Gasteiger partial charge in [-0.1, -0.05) is 71.7 Å². The average Bonchev–Trinajstić information content (AvgIpc) is 2.89. The lowest BCUT2D eigenvalue weighted by molar-refractivity contribution is 0.269. The highest BCUT2D eigenvalue weighted by Gasteiger charge is 2.14. The maximum Gasteiger partial charge on any atom is 0.270 e. The number of H-pyrrole nitrogens is 1. The summed E-state index contributed by atoms with van der Waals surface area (Å²) < 4.78 is 11.7. The van der Waals surface area contributed by atoms with Crippen LogP contribution in [0.15, 0.2) is 76.6 Å². The Bertz CT molecular complexity index is 1530. The molecule has 0 bridgehead atoms. The molecule has 4 aromatic rings. The van der Waals surface area contributed by atoms with Gasteiger partial charge >= 0.3 is 0 Å². The summed E-state index contributed by atoms with van der Waals surface area (Å²) in [7, 11) is 0. The van der Waals surface area contributed by atoms with E-state index in [1.165, 1.54) is 6.21 Å². The second kappa shape index (κ2) is 12.1. The highest BCUT2D eigenvalue weighted by atomic mass is 35.5. The van der Waals surface area contributed by atoms with Gasteiger partial charge in [0.15, 0.2) is 11.5 Å². The van der Waals surface area contributed by atoms with E-state index in [1.807, 2.05) is 37.3 Å². The van der Waals surface area contributed by atoms with Gasteiger partial charge in [-0.2, -0.15) is 10.4 Å². The summed E-state index contributed by atoms with van der Waals surface area (Å²) >= 11 is 12.7. The number of nitrogens with one attached hydrogen (secondary N) is 2. The second-order valence-corrected chi connectivity index (χ2v) is 8.44. The Labute approximate surface area is 223 Å². The van der Waals surface area contributed by atoms with Crippen LogP contribution >= 0.6 is 23.2 Å². The summed E-state index contributed by atoms with van der Waals surface area (Å²) in [6, 6.07) is 21.6. The molecule has 10 heteroatoms. The number of benzene rings is 3. The van der Waals surface area contributed by atoms with Crippen molar-refractivity contribution in [3.8, 4) is 28.8 Å². The summed E-state index contributed by atoms with van der Waals surface area (Å²) in [5.74, 6) is 0.911. The number of rotatable bonds is 9. The van der Waals surface area contributed by atoms with E-state index in [9.17, 15) is 10.1 Å². The van der Waals surface area contributed by atoms with Crippen LogP contribution in [0, 0.1) is 11.3 Å². The lowest BCUT2D eigenvalue weighted by Crippen LogP contribution is -2.16. The van der Waals surface area contributed by atoms with Crippen molar-refractivity contribution in [1.29, 1.82) is 5.26 Å². The number of aromatic amines is 1. The Morgan fingerprint density at radius 3 is 2.57 bits per heavy atom. The van der Waals surface area contributed by atoms with Gasteiger partial charge in [0.05, 0.1) is 23.5 Å². The van der Waals surface area contributed by atoms with E-state index in [-0.39, 0.29) is 23.8 Å². The summed E-state index contributed by atoms with van der Waals surface area (Å²) in [4.78, 5) is 19.3. The van der Waals surface area contributed by atoms with Crippen LogP contribution in [0.5, 0.6) is 11.5 Å². The van der Waals surface area contributed by atoms with E-state index in [0.717, 1.165) is 5.56 Å². The number of ether oxygens (including phenoxy) is 2. The number of hydrogen-bond acceptors (Lipinski definition) is 7. The highest BCUT2D eigenvalue weighted by molar-refractivity contribution is 6.32. The molecule has 0 atom stereocenters. The predicted octanol–water partition coefficient (Wildman–Crippen LogP) is 6.04. The number of hydrogen-bond donors (Lipinski definition) is 2. The Balaban J connectivity index is 1.56. The minimum atomic E-state index is -0.573. The van der Waals surface area contributed by atoms with Crippen molar-refractivity contribution < 1.29 is 9.47 Å². The minimum absolute atomic E-state index is 0.0786. The molecule has 0 unspecified atom stereocenters. The maximum atomic E-state index is 12.4. The normalized spacial score (nSPS) is 10.8. The number of aromatic nitrogens is 2. The van der Waals surface area contributed by atoms with Crippen LogP contribution < -0.4 is 20.5 Å². The molecule has 0 saturated heterocycles. The molecule has 0 aliphatic rings. The fourth-order valence-corrected chi connectivity index (χ4v) is 3.90. The molecule has 0 amide bonds. The maximum absolute atomic E-state index is 12.4. The number of nitrogens with zero attached hydrogens (tertiary/aromatic N) is 3. The molecule has 0 saturated carbocycles. The van der Waals surface area contributed by atoms with Crippen LogP contribution in [-0.4, -0.2) is 22.8 Å². The second-order valence-electron chi connectivity index (χ2n) is 7.63. The Morgan fingerprint density at radius 2 is 1.84 bits per heavy atom. The first-order valence-corrected chi connectivity index (χ1v) is 12.0. The number of nitriles is 1. The van der Waals surface area contributed by atoms with E-state index in [2.05, 4.69) is 20.5 Å². The third-order valence-electron chi connectivity index (χ3n) is 5.12. The van der Waals surface area contributed by atoms with E-state index in [1.54, 1.807) is 42.5 Å². The quantitative estimate of drug-likeness (QED) is 0.200. The fourth-order valence-electron chi connectivity index (χ4n) is 3.43. The first-order chi connectivity index (χ1) is 18.0. The number of hydrazone groups is 1. The van der Waals surface area contributed by atoms with E-state index < -0.39 is 5.56 Å². The lowest BCUT2D eigenvalue weighted by Gasteiger charge is -2.15. The van der Waals surface area contributed by atoms with Crippen LogP contribution in [0.4, 0.5) is 5.95 Å². The van der Waals surface area contributed by atoms with Crippen molar-refractivity contribution in [3.63, 3.8) is 0 Å². The average molecular weight is 534 g/mol. The molecular weight excluding hydrogens is 513 g/mol. The van der Waals surface area contributed by atoms with Gasteiger partial charge in [-0.15, -0.1) is 0 Å². The first kappa shape index (κ1) is 25.8. The van der Waals surface area contributed by atoms with Crippen molar-refractivity contribution in [3.05, 3.63) is 104 Å². The van der Waals surface area contributed by atoms with E-state index in [4.69, 9.17) is 32.7 Å². The van der Waals surface area contributed by atoms with Crippen molar-refractivity contribution in [2.45, 2.75) is 13.5 Å². The summed E-state index contributed by atoms with van der Waals surface area (Å²) in [5.41, 5.74) is 4.37. The molecule has 37 heavy (non-hydrogen) atoms. The molecular formula is C27H21Cl2N5O3. The van der Waals surface area contributed by atoms with Crippen LogP contribution in [0.25, 0.3) is 11.3 Å². The Hall–Kier alpha value is -4.32. The van der Waals surface area contributed by atoms with Crippen molar-refractivity contribution in [1.82, 2.24) is 9.97 Å². The van der Waals surface area contributed by atoms with Gasteiger partial charge in [0.2, 0.25) is 5.95 Å². The van der Waals surface area contributed by atoms with Gasteiger partial charge in [-0.25, -0.2) is 10.4 Å². The van der Waals surface area contributed by atoms with Crippen LogP contribution in [0.1, 0.15) is 23.6 Å². The van der Waals surface area contributed by atoms with Gasteiger partial charge in [0.1, 0.15) is 18.2 Å². The third kappa shape index (κ3) is 6.28. The number of halogens is 2. The van der Waals surface area contributed by atoms with Crippen LogP contribution in [-0.2, 0) is 6.61 Å². The molecule has 0 fully saturated rings. The standard InChI is InChI=1S/C27H21Cl2N5O3/c1-2-36-23-13-17(12-22(29)25(23)37-16-19-10-6-7-11-21(19)28)15-31-34-27-32-24(18-8-4-3-5-9-18)20(14-30)26(35)33-27/h3-13,15H,2,16H2,1H3,(H2,32,33,34,35). The third-order valence-corrected chi connectivity index (χ3v) is 5.77. The van der Waals surface area contributed by atoms with E-state index >= 15 is 0 Å². The van der Waals surface area contributed by atoms with Crippen molar-refractivity contribution >= 4 is 35.4 Å². The van der Waals surface area contributed by atoms with Gasteiger partial charge in [0.25, 0.3) is 5.56 Å². The topological polar surface area (TPSA) is 112 Å². The molecule has 4 rings (SSSR count). The first-order valence-electron chi connectivity index (χ1n) is 11.2. The Kier molecular flexibility index (Phi) is 8.41.